The summed E-state index contributed by atoms with van der Waals surface area (Å²) in [5.74, 6) is -1.07. The fourth-order valence-corrected chi connectivity index (χ4v) is 2.43. The van der Waals surface area contributed by atoms with Crippen molar-refractivity contribution in [3.8, 4) is 11.4 Å². The van der Waals surface area contributed by atoms with Crippen molar-refractivity contribution in [2.45, 2.75) is 19.3 Å². The highest BCUT2D eigenvalue weighted by molar-refractivity contribution is 5.92. The second-order valence-electron chi connectivity index (χ2n) is 5.38. The standard InChI is InChI=1S/C17H17N3O3/c21-14-11-20-13-8-5-7-12(10-13)6-3-1-2-4-9-18-17(23)15(19-20)16(14)22/h1,3,5,7-8,10-11,21H,2,4,6,9H2,(H,18,23). The summed E-state index contributed by atoms with van der Waals surface area (Å²) in [4.78, 5) is 24.1. The Bertz CT molecular complexity index is 824. The van der Waals surface area contributed by atoms with E-state index in [2.05, 4.69) is 22.6 Å². The van der Waals surface area contributed by atoms with E-state index in [0.717, 1.165) is 24.8 Å². The van der Waals surface area contributed by atoms with Gasteiger partial charge in [0.2, 0.25) is 0 Å². The van der Waals surface area contributed by atoms with Crippen LogP contribution in [0.1, 0.15) is 28.9 Å². The van der Waals surface area contributed by atoms with E-state index in [1.165, 1.54) is 10.9 Å². The molecule has 1 aliphatic heterocycles. The molecule has 0 spiro atoms. The van der Waals surface area contributed by atoms with Crippen molar-refractivity contribution in [1.82, 2.24) is 15.1 Å². The van der Waals surface area contributed by atoms with Gasteiger partial charge in [0.25, 0.3) is 11.3 Å². The van der Waals surface area contributed by atoms with Crippen molar-refractivity contribution in [3.05, 3.63) is 64.1 Å². The first kappa shape index (κ1) is 15.0. The number of carbonyl (C=O) groups excluding carboxylic acids is 1. The minimum atomic E-state index is -0.762. The van der Waals surface area contributed by atoms with Crippen LogP contribution < -0.4 is 10.7 Å². The predicted octanol–water partition coefficient (Wildman–Crippen LogP) is 1.56. The summed E-state index contributed by atoms with van der Waals surface area (Å²) in [5, 5.41) is 16.6. The summed E-state index contributed by atoms with van der Waals surface area (Å²) in [6.45, 7) is 0.450. The molecule has 0 fully saturated rings. The third-order valence-corrected chi connectivity index (χ3v) is 3.64. The number of rotatable bonds is 0. The molecule has 0 radical (unpaired) electrons. The minimum absolute atomic E-state index is 0.303. The smallest absolute Gasteiger partial charge is 0.275 e. The van der Waals surface area contributed by atoms with Crippen LogP contribution in [0.2, 0.25) is 0 Å². The Morgan fingerprint density at radius 2 is 2.09 bits per heavy atom. The number of amides is 1. The molecule has 2 heterocycles. The molecule has 1 aliphatic rings. The molecule has 0 unspecified atom stereocenters. The lowest BCUT2D eigenvalue weighted by Crippen LogP contribution is -2.32. The van der Waals surface area contributed by atoms with E-state index >= 15 is 0 Å². The topological polar surface area (TPSA) is 84.2 Å². The largest absolute Gasteiger partial charge is 0.503 e. The van der Waals surface area contributed by atoms with Crippen LogP contribution in [-0.2, 0) is 6.42 Å². The Balaban J connectivity index is 2.13. The van der Waals surface area contributed by atoms with E-state index < -0.39 is 17.1 Å². The van der Waals surface area contributed by atoms with Crippen LogP contribution in [-0.4, -0.2) is 27.3 Å². The molecule has 2 aromatic rings. The molecule has 2 N–H and O–H groups in total. The SMILES string of the molecule is O=C1NCCCC=CCc2cccc(c2)-n2cc(O)c(=O)c1n2. The number of hydrogen-bond acceptors (Lipinski definition) is 4. The van der Waals surface area contributed by atoms with Crippen LogP contribution in [0.4, 0.5) is 0 Å². The van der Waals surface area contributed by atoms with Crippen molar-refractivity contribution < 1.29 is 9.90 Å². The van der Waals surface area contributed by atoms with Crippen LogP contribution in [0, 0.1) is 0 Å². The fraction of sp³-hybridized carbons (Fsp3) is 0.235. The first-order valence-electron chi connectivity index (χ1n) is 7.50. The highest BCUT2D eigenvalue weighted by Crippen LogP contribution is 2.13. The minimum Gasteiger partial charge on any atom is -0.503 e. The van der Waals surface area contributed by atoms with Crippen LogP contribution in [0.3, 0.4) is 0 Å². The number of aromatic nitrogens is 2. The molecule has 0 atom stereocenters. The molecule has 0 saturated heterocycles. The van der Waals surface area contributed by atoms with Gasteiger partial charge >= 0.3 is 0 Å². The summed E-state index contributed by atoms with van der Waals surface area (Å²) in [5.41, 5.74) is 0.698. The summed E-state index contributed by atoms with van der Waals surface area (Å²) >= 11 is 0. The number of carbonyl (C=O) groups is 1. The molecule has 3 rings (SSSR count). The average Bonchev–Trinajstić information content (AvgIpc) is 2.55. The van der Waals surface area contributed by atoms with Gasteiger partial charge in [-0.05, 0) is 37.0 Å². The van der Waals surface area contributed by atoms with E-state index in [1.807, 2.05) is 18.2 Å². The van der Waals surface area contributed by atoms with Crippen molar-refractivity contribution >= 4 is 5.91 Å². The Morgan fingerprint density at radius 3 is 2.96 bits per heavy atom. The number of nitrogens with zero attached hydrogens (tertiary/aromatic N) is 2. The highest BCUT2D eigenvalue weighted by Gasteiger charge is 2.17. The first-order chi connectivity index (χ1) is 11.1. The number of fused-ring (bicyclic) bond motifs is 5. The zero-order chi connectivity index (χ0) is 16.2. The first-order valence-corrected chi connectivity index (χ1v) is 7.50. The van der Waals surface area contributed by atoms with Crippen LogP contribution in [0.25, 0.3) is 5.69 Å². The fourth-order valence-electron chi connectivity index (χ4n) is 2.43. The van der Waals surface area contributed by atoms with Crippen molar-refractivity contribution in [1.29, 1.82) is 0 Å². The third kappa shape index (κ3) is 3.31. The van der Waals surface area contributed by atoms with Gasteiger partial charge in [0.1, 0.15) is 0 Å². The lowest BCUT2D eigenvalue weighted by molar-refractivity contribution is 0.0944. The molecular weight excluding hydrogens is 294 g/mol. The van der Waals surface area contributed by atoms with Gasteiger partial charge in [-0.15, -0.1) is 0 Å². The maximum atomic E-state index is 12.1. The quantitative estimate of drug-likeness (QED) is 0.723. The van der Waals surface area contributed by atoms with Crippen LogP contribution in [0.5, 0.6) is 5.75 Å². The van der Waals surface area contributed by atoms with Crippen LogP contribution in [0.15, 0.2) is 47.4 Å². The molecule has 1 aromatic heterocycles. The molecular formula is C17H17N3O3. The molecule has 1 amide bonds. The summed E-state index contributed by atoms with van der Waals surface area (Å²) in [7, 11) is 0. The maximum absolute atomic E-state index is 12.1. The van der Waals surface area contributed by atoms with Crippen molar-refractivity contribution in [2.24, 2.45) is 0 Å². The highest BCUT2D eigenvalue weighted by atomic mass is 16.3. The number of nitrogens with one attached hydrogen (secondary N) is 1. The maximum Gasteiger partial charge on any atom is 0.275 e. The molecule has 6 nitrogen and oxygen atoms in total. The van der Waals surface area contributed by atoms with Gasteiger partial charge in [0.15, 0.2) is 11.4 Å². The van der Waals surface area contributed by atoms with Gasteiger partial charge in [-0.3, -0.25) is 9.59 Å². The molecule has 1 aromatic carbocycles. The molecule has 23 heavy (non-hydrogen) atoms. The molecule has 118 valence electrons. The van der Waals surface area contributed by atoms with Crippen LogP contribution >= 0.6 is 0 Å². The predicted molar refractivity (Wildman–Crippen MR) is 85.9 cm³/mol. The second kappa shape index (κ2) is 6.48. The van der Waals surface area contributed by atoms with Gasteiger partial charge < -0.3 is 10.4 Å². The molecule has 0 saturated carbocycles. The van der Waals surface area contributed by atoms with Crippen molar-refractivity contribution in [2.75, 3.05) is 6.54 Å². The van der Waals surface area contributed by atoms with Crippen molar-refractivity contribution in [3.63, 3.8) is 0 Å². The third-order valence-electron chi connectivity index (χ3n) is 3.64. The zero-order valence-electron chi connectivity index (χ0n) is 12.5. The van der Waals surface area contributed by atoms with E-state index in [0.29, 0.717) is 12.2 Å². The summed E-state index contributed by atoms with van der Waals surface area (Å²) in [6.07, 6.45) is 7.81. The monoisotopic (exact) mass is 311 g/mol. The van der Waals surface area contributed by atoms with Gasteiger partial charge in [-0.2, -0.15) is 5.10 Å². The average molecular weight is 311 g/mol. The number of aromatic hydroxyl groups is 1. The van der Waals surface area contributed by atoms with E-state index in [1.54, 1.807) is 6.07 Å². The van der Waals surface area contributed by atoms with E-state index in [9.17, 15) is 14.7 Å². The van der Waals surface area contributed by atoms with E-state index in [-0.39, 0.29) is 5.69 Å². The lowest BCUT2D eigenvalue weighted by Gasteiger charge is -2.10. The molecule has 0 aliphatic carbocycles. The molecule has 6 heteroatoms. The number of benzene rings is 1. The normalized spacial score (nSPS) is 14.9. The number of allylic oxidation sites excluding steroid dienone is 2. The van der Waals surface area contributed by atoms with E-state index in [4.69, 9.17) is 0 Å². The second-order valence-corrected chi connectivity index (χ2v) is 5.38. The molecule has 4 bridgehead atoms. The Morgan fingerprint density at radius 1 is 1.22 bits per heavy atom. The number of hydrogen-bond donors (Lipinski definition) is 2. The Hall–Kier alpha value is -2.89. The lowest BCUT2D eigenvalue weighted by atomic mass is 10.1. The summed E-state index contributed by atoms with van der Waals surface area (Å²) < 4.78 is 1.35. The Labute approximate surface area is 133 Å². The zero-order valence-corrected chi connectivity index (χ0v) is 12.5. The summed E-state index contributed by atoms with van der Waals surface area (Å²) in [6, 6.07) is 7.59. The van der Waals surface area contributed by atoms with Gasteiger partial charge in [-0.25, -0.2) is 4.68 Å². The van der Waals surface area contributed by atoms with Gasteiger partial charge in [0.05, 0.1) is 11.9 Å². The van der Waals surface area contributed by atoms with Gasteiger partial charge in [-0.1, -0.05) is 24.3 Å². The Kier molecular flexibility index (Phi) is 4.23. The van der Waals surface area contributed by atoms with Gasteiger partial charge in [0, 0.05) is 6.54 Å².